The summed E-state index contributed by atoms with van der Waals surface area (Å²) in [5.74, 6) is 0.768. The van der Waals surface area contributed by atoms with Gasteiger partial charge in [0.1, 0.15) is 12.4 Å². The van der Waals surface area contributed by atoms with Crippen LogP contribution in [0.1, 0.15) is 30.9 Å². The zero-order valence-electron chi connectivity index (χ0n) is 17.3. The van der Waals surface area contributed by atoms with Crippen molar-refractivity contribution >= 4 is 11.8 Å². The second kappa shape index (κ2) is 10.1. The first-order valence-corrected chi connectivity index (χ1v) is 10.3. The molecule has 5 heteroatoms. The number of hydrogen-bond acceptors (Lipinski definition) is 3. The molecule has 3 rings (SSSR count). The monoisotopic (exact) mass is 394 g/mol. The second-order valence-electron chi connectivity index (χ2n) is 7.66. The summed E-state index contributed by atoms with van der Waals surface area (Å²) in [5.41, 5.74) is 2.33. The van der Waals surface area contributed by atoms with Gasteiger partial charge in [-0.1, -0.05) is 48.5 Å². The average Bonchev–Trinajstić information content (AvgIpc) is 2.74. The number of carbonyl (C=O) groups excluding carboxylic acids is 2. The van der Waals surface area contributed by atoms with Crippen molar-refractivity contribution in [3.63, 3.8) is 0 Å². The highest BCUT2D eigenvalue weighted by atomic mass is 16.5. The maximum Gasteiger partial charge on any atom is 0.242 e. The lowest BCUT2D eigenvalue weighted by molar-refractivity contribution is -0.140. The van der Waals surface area contributed by atoms with Gasteiger partial charge in [0.15, 0.2) is 0 Å². The van der Waals surface area contributed by atoms with Gasteiger partial charge in [0.2, 0.25) is 11.8 Å². The number of hydrogen-bond donors (Lipinski definition) is 0. The number of rotatable bonds is 2. The number of nitrogens with zero attached hydrogens (tertiary/aromatic N) is 2. The summed E-state index contributed by atoms with van der Waals surface area (Å²) in [7, 11) is 1.81. The minimum Gasteiger partial charge on any atom is -0.491 e. The maximum atomic E-state index is 13.0. The van der Waals surface area contributed by atoms with E-state index in [0.29, 0.717) is 19.6 Å². The van der Waals surface area contributed by atoms with E-state index in [4.69, 9.17) is 4.74 Å². The molecule has 2 amide bonds. The van der Waals surface area contributed by atoms with Crippen LogP contribution in [0.25, 0.3) is 0 Å². The Bertz CT molecular complexity index is 822. The Morgan fingerprint density at radius 2 is 1.79 bits per heavy atom. The molecule has 29 heavy (non-hydrogen) atoms. The molecule has 0 spiro atoms. The molecule has 2 aromatic rings. The van der Waals surface area contributed by atoms with Gasteiger partial charge in [-0.3, -0.25) is 9.59 Å². The molecule has 0 N–H and O–H groups in total. The minimum absolute atomic E-state index is 0.0575. The topological polar surface area (TPSA) is 49.9 Å². The summed E-state index contributed by atoms with van der Waals surface area (Å²) in [4.78, 5) is 28.4. The number of fused-ring (bicyclic) bond motifs is 1. The third kappa shape index (κ3) is 5.83. The van der Waals surface area contributed by atoms with Crippen molar-refractivity contribution < 1.29 is 14.3 Å². The number of ether oxygens (including phenoxy) is 1. The Labute approximate surface area is 173 Å². The average molecular weight is 395 g/mol. The van der Waals surface area contributed by atoms with Gasteiger partial charge in [-0.05, 0) is 42.9 Å². The third-order valence-corrected chi connectivity index (χ3v) is 5.55. The molecule has 1 aliphatic heterocycles. The molecular formula is C24H30N2O3. The van der Waals surface area contributed by atoms with Crippen LogP contribution in [0, 0.1) is 0 Å². The lowest BCUT2D eigenvalue weighted by atomic mass is 10.0. The molecule has 0 unspecified atom stereocenters. The van der Waals surface area contributed by atoms with Crippen molar-refractivity contribution in [2.75, 3.05) is 26.7 Å². The molecule has 0 fully saturated rings. The van der Waals surface area contributed by atoms with E-state index in [0.717, 1.165) is 30.6 Å². The van der Waals surface area contributed by atoms with E-state index in [-0.39, 0.29) is 24.4 Å². The van der Waals surface area contributed by atoms with Crippen LogP contribution in [-0.2, 0) is 22.4 Å². The van der Waals surface area contributed by atoms with E-state index in [1.54, 1.807) is 9.80 Å². The highest BCUT2D eigenvalue weighted by Gasteiger charge is 2.24. The number of carbonyl (C=O) groups is 2. The Hall–Kier alpha value is -2.82. The highest BCUT2D eigenvalue weighted by molar-refractivity contribution is 5.83. The van der Waals surface area contributed by atoms with E-state index in [2.05, 4.69) is 18.2 Å². The van der Waals surface area contributed by atoms with Crippen molar-refractivity contribution in [3.05, 3.63) is 65.7 Å². The van der Waals surface area contributed by atoms with Crippen LogP contribution < -0.4 is 4.74 Å². The van der Waals surface area contributed by atoms with Gasteiger partial charge < -0.3 is 14.5 Å². The zero-order valence-corrected chi connectivity index (χ0v) is 17.3. The SMILES string of the molecule is CC(=O)N1CCCCc2ccccc2OC[C@H](Cc2ccccc2)N(C)C(=O)C1. The third-order valence-electron chi connectivity index (χ3n) is 5.55. The molecule has 5 nitrogen and oxygen atoms in total. The summed E-state index contributed by atoms with van der Waals surface area (Å²) < 4.78 is 6.20. The Morgan fingerprint density at radius 1 is 1.07 bits per heavy atom. The van der Waals surface area contributed by atoms with Crippen molar-refractivity contribution in [1.29, 1.82) is 0 Å². The fourth-order valence-electron chi connectivity index (χ4n) is 3.68. The van der Waals surface area contributed by atoms with E-state index in [1.807, 2.05) is 43.4 Å². The van der Waals surface area contributed by atoms with Crippen molar-refractivity contribution in [2.24, 2.45) is 0 Å². The van der Waals surface area contributed by atoms with Crippen LogP contribution in [0.2, 0.25) is 0 Å². The molecule has 0 saturated carbocycles. The Morgan fingerprint density at radius 3 is 2.55 bits per heavy atom. The van der Waals surface area contributed by atoms with Gasteiger partial charge >= 0.3 is 0 Å². The first kappa shape index (κ1) is 20.9. The molecule has 0 saturated heterocycles. The van der Waals surface area contributed by atoms with Gasteiger partial charge in [0.25, 0.3) is 0 Å². The standard InChI is InChI=1S/C24H30N2O3/c1-19(27)26-15-9-8-13-21-12-6-7-14-23(21)29-18-22(25(2)24(28)17-26)16-20-10-4-3-5-11-20/h3-7,10-12,14,22H,8-9,13,15-18H2,1-2H3/t22-/m0/s1. The lowest BCUT2D eigenvalue weighted by Gasteiger charge is -2.30. The van der Waals surface area contributed by atoms with E-state index in [9.17, 15) is 9.59 Å². The molecule has 0 aromatic heterocycles. The van der Waals surface area contributed by atoms with Gasteiger partial charge in [-0.2, -0.15) is 0 Å². The number of para-hydroxylation sites is 1. The fraction of sp³-hybridized carbons (Fsp3) is 0.417. The van der Waals surface area contributed by atoms with E-state index >= 15 is 0 Å². The Balaban J connectivity index is 1.86. The number of benzene rings is 2. The summed E-state index contributed by atoms with van der Waals surface area (Å²) in [5, 5.41) is 0. The predicted molar refractivity (Wildman–Crippen MR) is 114 cm³/mol. The first-order valence-electron chi connectivity index (χ1n) is 10.3. The summed E-state index contributed by atoms with van der Waals surface area (Å²) in [6.07, 6.45) is 3.40. The molecule has 1 aliphatic rings. The molecular weight excluding hydrogens is 364 g/mol. The number of amides is 2. The highest BCUT2D eigenvalue weighted by Crippen LogP contribution is 2.22. The summed E-state index contributed by atoms with van der Waals surface area (Å²) >= 11 is 0. The largest absolute Gasteiger partial charge is 0.491 e. The van der Waals surface area contributed by atoms with Crippen LogP contribution in [0.4, 0.5) is 0 Å². The van der Waals surface area contributed by atoms with Crippen LogP contribution >= 0.6 is 0 Å². The van der Waals surface area contributed by atoms with E-state index < -0.39 is 0 Å². The summed E-state index contributed by atoms with van der Waals surface area (Å²) in [6.45, 7) is 2.66. The molecule has 0 radical (unpaired) electrons. The summed E-state index contributed by atoms with van der Waals surface area (Å²) in [6, 6.07) is 18.1. The van der Waals surface area contributed by atoms with Crippen LogP contribution in [0.3, 0.4) is 0 Å². The van der Waals surface area contributed by atoms with E-state index in [1.165, 1.54) is 12.5 Å². The lowest BCUT2D eigenvalue weighted by Crippen LogP contribution is -2.47. The quantitative estimate of drug-likeness (QED) is 0.785. The Kier molecular flexibility index (Phi) is 7.28. The van der Waals surface area contributed by atoms with Gasteiger partial charge in [-0.15, -0.1) is 0 Å². The smallest absolute Gasteiger partial charge is 0.242 e. The molecule has 0 bridgehead atoms. The van der Waals surface area contributed by atoms with Crippen molar-refractivity contribution in [2.45, 2.75) is 38.6 Å². The van der Waals surface area contributed by atoms with Crippen LogP contribution in [0.5, 0.6) is 5.75 Å². The fourth-order valence-corrected chi connectivity index (χ4v) is 3.68. The molecule has 1 heterocycles. The number of aryl methyl sites for hydroxylation is 1. The van der Waals surface area contributed by atoms with Gasteiger partial charge in [0.05, 0.1) is 12.6 Å². The molecule has 0 aliphatic carbocycles. The van der Waals surface area contributed by atoms with Crippen LogP contribution in [0.15, 0.2) is 54.6 Å². The predicted octanol–water partition coefficient (Wildman–Crippen LogP) is 3.32. The van der Waals surface area contributed by atoms with Gasteiger partial charge in [0, 0.05) is 20.5 Å². The number of likely N-dealkylation sites (N-methyl/N-ethyl adjacent to an activating group) is 1. The molecule has 1 atom stereocenters. The first-order chi connectivity index (χ1) is 14.0. The molecule has 2 aromatic carbocycles. The maximum absolute atomic E-state index is 13.0. The second-order valence-corrected chi connectivity index (χ2v) is 7.66. The minimum atomic E-state index is -0.118. The van der Waals surface area contributed by atoms with Crippen LogP contribution in [-0.4, -0.2) is 54.4 Å². The van der Waals surface area contributed by atoms with Crippen molar-refractivity contribution in [1.82, 2.24) is 9.80 Å². The molecule has 154 valence electrons. The normalized spacial score (nSPS) is 18.7. The zero-order chi connectivity index (χ0) is 20.6. The van der Waals surface area contributed by atoms with Gasteiger partial charge in [-0.25, -0.2) is 0 Å². The van der Waals surface area contributed by atoms with Crippen molar-refractivity contribution in [3.8, 4) is 5.75 Å².